The van der Waals surface area contributed by atoms with E-state index in [0.717, 1.165) is 0 Å². The lowest BCUT2D eigenvalue weighted by molar-refractivity contribution is -0.145. The second-order valence-corrected chi connectivity index (χ2v) is 12.6. The lowest BCUT2D eigenvalue weighted by Gasteiger charge is -2.29. The van der Waals surface area contributed by atoms with Gasteiger partial charge in [0.15, 0.2) is 15.4 Å². The van der Waals surface area contributed by atoms with Gasteiger partial charge in [-0.2, -0.15) is 5.26 Å². The Hall–Kier alpha value is -2.80. The summed E-state index contributed by atoms with van der Waals surface area (Å²) in [6, 6.07) is 13.7. The van der Waals surface area contributed by atoms with Gasteiger partial charge in [0.25, 0.3) is 5.91 Å². The van der Waals surface area contributed by atoms with Crippen LogP contribution in [0.2, 0.25) is 10.0 Å². The van der Waals surface area contributed by atoms with Crippen molar-refractivity contribution >= 4 is 44.9 Å². The maximum Gasteiger partial charge on any atom is 0.267 e. The van der Waals surface area contributed by atoms with Crippen LogP contribution in [0.15, 0.2) is 53.4 Å². The third-order valence-electron chi connectivity index (χ3n) is 6.96. The van der Waals surface area contributed by atoms with Crippen molar-refractivity contribution in [1.82, 2.24) is 10.2 Å². The van der Waals surface area contributed by atoms with Crippen LogP contribution in [-0.2, 0) is 19.4 Å². The fourth-order valence-electron chi connectivity index (χ4n) is 4.52. The molecule has 0 unspecified atom stereocenters. The van der Waals surface area contributed by atoms with Crippen LogP contribution in [0.25, 0.3) is 0 Å². The number of ether oxygens (including phenoxy) is 1. The van der Waals surface area contributed by atoms with E-state index in [9.17, 15) is 23.3 Å². The maximum absolute atomic E-state index is 13.8. The molecule has 0 radical (unpaired) electrons. The predicted molar refractivity (Wildman–Crippen MR) is 132 cm³/mol. The number of likely N-dealkylation sites (tertiary alicyclic amines) is 1. The first-order valence-corrected chi connectivity index (χ1v) is 13.9. The molecule has 5 rings (SSSR count). The summed E-state index contributed by atoms with van der Waals surface area (Å²) >= 11 is 12.1. The van der Waals surface area contributed by atoms with Crippen molar-refractivity contribution in [2.45, 2.75) is 59.4 Å². The molecular weight excluding hydrogens is 525 g/mol. The highest BCUT2D eigenvalue weighted by atomic mass is 35.5. The Balaban J connectivity index is 1.43. The van der Waals surface area contributed by atoms with Gasteiger partial charge in [-0.25, -0.2) is 8.42 Å². The fraction of sp³-hybridized carbons (Fsp3) is 0.400. The van der Waals surface area contributed by atoms with Gasteiger partial charge in [-0.15, -0.1) is 0 Å². The summed E-state index contributed by atoms with van der Waals surface area (Å²) in [5.74, 6) is -0.537. The minimum atomic E-state index is -3.95. The number of nitrogens with one attached hydrogen (secondary N) is 1. The number of benzene rings is 2. The molecule has 2 amide bonds. The normalized spacial score (nSPS) is 23.4. The Morgan fingerprint density at radius 2 is 1.72 bits per heavy atom. The first kappa shape index (κ1) is 24.9. The van der Waals surface area contributed by atoms with Gasteiger partial charge in [0, 0.05) is 24.4 Å². The highest BCUT2D eigenvalue weighted by Gasteiger charge is 2.59. The van der Waals surface area contributed by atoms with Gasteiger partial charge in [-0.3, -0.25) is 9.59 Å². The van der Waals surface area contributed by atoms with E-state index in [1.165, 1.54) is 17.0 Å². The molecule has 188 valence electrons. The van der Waals surface area contributed by atoms with Crippen LogP contribution in [0.3, 0.4) is 0 Å². The first-order chi connectivity index (χ1) is 17.1. The van der Waals surface area contributed by atoms with Gasteiger partial charge in [0.05, 0.1) is 21.2 Å². The minimum absolute atomic E-state index is 0.0423. The van der Waals surface area contributed by atoms with Crippen molar-refractivity contribution < 1.29 is 22.7 Å². The molecule has 2 atom stereocenters. The molecule has 1 heterocycles. The predicted octanol–water partition coefficient (Wildman–Crippen LogP) is 3.52. The van der Waals surface area contributed by atoms with E-state index in [1.807, 2.05) is 0 Å². The molecule has 0 bridgehead atoms. The number of nitriles is 1. The Bertz CT molecular complexity index is 1360. The van der Waals surface area contributed by atoms with Crippen molar-refractivity contribution in [1.29, 1.82) is 5.26 Å². The number of hydrogen-bond acceptors (Lipinski definition) is 6. The van der Waals surface area contributed by atoms with Crippen LogP contribution < -0.4 is 10.1 Å². The van der Waals surface area contributed by atoms with Crippen LogP contribution in [0.1, 0.15) is 32.1 Å². The molecule has 8 nitrogen and oxygen atoms in total. The van der Waals surface area contributed by atoms with E-state index in [1.54, 1.807) is 36.4 Å². The molecule has 1 saturated heterocycles. The Kier molecular flexibility index (Phi) is 6.18. The van der Waals surface area contributed by atoms with Crippen molar-refractivity contribution in [2.24, 2.45) is 0 Å². The van der Waals surface area contributed by atoms with E-state index in [-0.39, 0.29) is 22.9 Å². The zero-order valence-corrected chi connectivity index (χ0v) is 21.4. The van der Waals surface area contributed by atoms with Gasteiger partial charge >= 0.3 is 0 Å². The zero-order chi connectivity index (χ0) is 25.7. The van der Waals surface area contributed by atoms with Crippen LogP contribution in [0, 0.1) is 11.3 Å². The molecule has 2 aromatic rings. The Labute approximate surface area is 219 Å². The quantitative estimate of drug-likeness (QED) is 0.566. The van der Waals surface area contributed by atoms with Gasteiger partial charge in [-0.1, -0.05) is 35.3 Å². The third kappa shape index (κ3) is 4.54. The molecule has 1 N–H and O–H groups in total. The topological polar surface area (TPSA) is 117 Å². The number of amides is 2. The monoisotopic (exact) mass is 547 g/mol. The number of hydrogen-bond donors (Lipinski definition) is 1. The van der Waals surface area contributed by atoms with Crippen molar-refractivity contribution in [3.05, 3.63) is 58.6 Å². The number of carbonyl (C=O) groups excluding carboxylic acids is 2. The number of rotatable bonds is 7. The van der Waals surface area contributed by atoms with Crippen LogP contribution in [0.5, 0.6) is 5.75 Å². The molecule has 2 aliphatic carbocycles. The molecule has 0 spiro atoms. The molecule has 3 fully saturated rings. The van der Waals surface area contributed by atoms with Crippen molar-refractivity contribution in [2.75, 3.05) is 6.54 Å². The average Bonchev–Trinajstić information content (AvgIpc) is 3.77. The average molecular weight is 548 g/mol. The summed E-state index contributed by atoms with van der Waals surface area (Å²) in [7, 11) is -3.95. The highest BCUT2D eigenvalue weighted by Crippen LogP contribution is 2.44. The third-order valence-corrected chi connectivity index (χ3v) is 9.84. The van der Waals surface area contributed by atoms with Crippen LogP contribution >= 0.6 is 23.2 Å². The molecule has 36 heavy (non-hydrogen) atoms. The lowest BCUT2D eigenvalue weighted by Crippen LogP contribution is -2.53. The molecule has 0 aromatic heterocycles. The number of carbonyl (C=O) groups is 2. The van der Waals surface area contributed by atoms with E-state index < -0.39 is 44.1 Å². The van der Waals surface area contributed by atoms with Gasteiger partial charge in [0.2, 0.25) is 5.91 Å². The smallest absolute Gasteiger partial charge is 0.267 e. The van der Waals surface area contributed by atoms with E-state index in [2.05, 4.69) is 11.4 Å². The van der Waals surface area contributed by atoms with Crippen LogP contribution in [0.4, 0.5) is 0 Å². The largest absolute Gasteiger partial charge is 0.477 e. The van der Waals surface area contributed by atoms with E-state index >= 15 is 0 Å². The summed E-state index contributed by atoms with van der Waals surface area (Å²) in [5.41, 5.74) is -2.13. The standard InChI is InChI=1S/C25H23Cl2N3O5S/c26-16-5-7-17(8-6-16)35-25(11-12-25)23(32)30-14-18(36(33,34)21-4-2-1-3-19(21)27)13-20(30)22(31)29-24(15-28)9-10-24/h1-8,18,20H,9-14H2,(H,29,31)/t18-,20+/m1/s1. The molecule has 2 aromatic carbocycles. The van der Waals surface area contributed by atoms with E-state index in [0.29, 0.717) is 36.5 Å². The Morgan fingerprint density at radius 1 is 1.06 bits per heavy atom. The molecule has 11 heteroatoms. The zero-order valence-electron chi connectivity index (χ0n) is 19.1. The van der Waals surface area contributed by atoms with Crippen molar-refractivity contribution in [3.8, 4) is 11.8 Å². The fourth-order valence-corrected chi connectivity index (χ4v) is 6.87. The summed E-state index contributed by atoms with van der Waals surface area (Å²) in [6.45, 7) is -0.185. The molecule has 2 saturated carbocycles. The summed E-state index contributed by atoms with van der Waals surface area (Å²) in [5, 5.41) is 11.7. The summed E-state index contributed by atoms with van der Waals surface area (Å²) < 4.78 is 33.0. The maximum atomic E-state index is 13.8. The molecule has 1 aliphatic heterocycles. The first-order valence-electron chi connectivity index (χ1n) is 11.6. The second-order valence-electron chi connectivity index (χ2n) is 9.54. The van der Waals surface area contributed by atoms with Crippen molar-refractivity contribution in [3.63, 3.8) is 0 Å². The minimum Gasteiger partial charge on any atom is -0.477 e. The molecular formula is C25H23Cl2N3O5S. The number of halogens is 2. The lowest BCUT2D eigenvalue weighted by atomic mass is 10.1. The number of nitrogens with zero attached hydrogens (tertiary/aromatic N) is 2. The second kappa shape index (κ2) is 8.94. The Morgan fingerprint density at radius 3 is 2.31 bits per heavy atom. The molecule has 3 aliphatic rings. The highest BCUT2D eigenvalue weighted by molar-refractivity contribution is 7.92. The summed E-state index contributed by atoms with van der Waals surface area (Å²) in [6.07, 6.45) is 1.79. The van der Waals surface area contributed by atoms with E-state index in [4.69, 9.17) is 27.9 Å². The van der Waals surface area contributed by atoms with Gasteiger partial charge in [-0.05, 0) is 55.7 Å². The van der Waals surface area contributed by atoms with Gasteiger partial charge < -0.3 is 15.0 Å². The summed E-state index contributed by atoms with van der Waals surface area (Å²) in [4.78, 5) is 28.3. The van der Waals surface area contributed by atoms with Gasteiger partial charge in [0.1, 0.15) is 17.3 Å². The number of sulfone groups is 1. The SMILES string of the molecule is N#CC1(NC(=O)[C@@H]2C[C@@H](S(=O)(=O)c3ccccc3Cl)CN2C(=O)C2(Oc3ccc(Cl)cc3)CC2)CC1. The van der Waals surface area contributed by atoms with Crippen LogP contribution in [-0.4, -0.2) is 54.1 Å².